The van der Waals surface area contributed by atoms with Crippen LogP contribution in [0.5, 0.6) is 0 Å². The molecule has 0 bridgehead atoms. The Bertz CT molecular complexity index is 517. The largest absolute Gasteiger partial charge is 0.365 e. The molecule has 3 rings (SSSR count). The smallest absolute Gasteiger partial charge is 0.137 e. The summed E-state index contributed by atoms with van der Waals surface area (Å²) in [6.07, 6.45) is 5.19. The van der Waals surface area contributed by atoms with Crippen molar-refractivity contribution in [3.63, 3.8) is 0 Å². The minimum atomic E-state index is 0.290. The molecule has 1 aromatic rings. The maximum atomic E-state index is 6.28. The molecule has 2 atom stereocenters. The van der Waals surface area contributed by atoms with Gasteiger partial charge in [0.05, 0.1) is 0 Å². The lowest BCUT2D eigenvalue weighted by molar-refractivity contribution is 0.192. The highest BCUT2D eigenvalue weighted by molar-refractivity contribution is 6.30. The van der Waals surface area contributed by atoms with Gasteiger partial charge in [-0.3, -0.25) is 4.90 Å². The molecule has 1 aromatic heterocycles. The van der Waals surface area contributed by atoms with E-state index in [1.54, 1.807) is 0 Å². The summed E-state index contributed by atoms with van der Waals surface area (Å²) in [5.41, 5.74) is 0.968. The number of nitrogens with one attached hydrogen (secondary N) is 1. The maximum Gasteiger partial charge on any atom is 0.137 e. The lowest BCUT2D eigenvalue weighted by atomic mass is 9.99. The van der Waals surface area contributed by atoms with E-state index in [2.05, 4.69) is 29.0 Å². The van der Waals surface area contributed by atoms with Gasteiger partial charge in [0.15, 0.2) is 0 Å². The van der Waals surface area contributed by atoms with Crippen LogP contribution in [0.4, 0.5) is 5.82 Å². The Hall–Kier alpha value is -0.870. The molecule has 0 spiro atoms. The van der Waals surface area contributed by atoms with Gasteiger partial charge in [0.25, 0.3) is 0 Å². The van der Waals surface area contributed by atoms with Crippen LogP contribution in [0.3, 0.4) is 0 Å². The molecule has 21 heavy (non-hydrogen) atoms. The first kappa shape index (κ1) is 15.0. The van der Waals surface area contributed by atoms with E-state index >= 15 is 0 Å². The van der Waals surface area contributed by atoms with Gasteiger partial charge in [-0.05, 0) is 32.7 Å². The van der Waals surface area contributed by atoms with Crippen LogP contribution < -0.4 is 5.32 Å². The van der Waals surface area contributed by atoms with Crippen LogP contribution in [-0.2, 0) is 0 Å². The summed E-state index contributed by atoms with van der Waals surface area (Å²) in [5, 5.41) is 4.25. The molecule has 0 radical (unpaired) electrons. The average Bonchev–Trinajstić information content (AvgIpc) is 2.87. The Kier molecular flexibility index (Phi) is 4.36. The van der Waals surface area contributed by atoms with Crippen LogP contribution >= 0.6 is 11.6 Å². The van der Waals surface area contributed by atoms with Crippen molar-refractivity contribution >= 4 is 17.4 Å². The topological polar surface area (TPSA) is 41.1 Å². The summed E-state index contributed by atoms with van der Waals surface area (Å²) in [5.74, 6) is 2.04. The van der Waals surface area contributed by atoms with Crippen molar-refractivity contribution in [3.05, 3.63) is 16.5 Å². The normalized spacial score (nSPS) is 26.1. The zero-order chi connectivity index (χ0) is 15.0. The molecule has 116 valence electrons. The molecular formula is C16H25ClN4. The minimum absolute atomic E-state index is 0.290. The average molecular weight is 309 g/mol. The molecule has 0 amide bonds. The van der Waals surface area contributed by atoms with Crippen LogP contribution in [0, 0.1) is 6.92 Å². The fraction of sp³-hybridized carbons (Fsp3) is 0.750. The number of hydrogen-bond donors (Lipinski definition) is 1. The van der Waals surface area contributed by atoms with Crippen molar-refractivity contribution in [1.82, 2.24) is 14.9 Å². The number of halogens is 1. The van der Waals surface area contributed by atoms with Crippen molar-refractivity contribution in [3.8, 4) is 0 Å². The third-order valence-electron chi connectivity index (χ3n) is 4.80. The standard InChI is InChI=1S/C16H25ClN4/c1-10(2)15-19-14(17)11(3)16(20-15)18-12-7-9-21-8-5-4-6-13(12)21/h10,12-13H,4-9H2,1-3H3,(H,18,19,20). The first-order valence-electron chi connectivity index (χ1n) is 8.11. The van der Waals surface area contributed by atoms with E-state index in [9.17, 15) is 0 Å². The highest BCUT2D eigenvalue weighted by Gasteiger charge is 2.35. The molecule has 2 unspecified atom stereocenters. The van der Waals surface area contributed by atoms with Crippen LogP contribution in [0.25, 0.3) is 0 Å². The first-order chi connectivity index (χ1) is 10.1. The minimum Gasteiger partial charge on any atom is -0.365 e. The Morgan fingerprint density at radius 3 is 2.76 bits per heavy atom. The van der Waals surface area contributed by atoms with E-state index in [-0.39, 0.29) is 0 Å². The number of fused-ring (bicyclic) bond motifs is 1. The van der Waals surface area contributed by atoms with Crippen molar-refractivity contribution in [1.29, 1.82) is 0 Å². The molecule has 5 heteroatoms. The highest BCUT2D eigenvalue weighted by Crippen LogP contribution is 2.31. The van der Waals surface area contributed by atoms with Gasteiger partial charge >= 0.3 is 0 Å². The lowest BCUT2D eigenvalue weighted by Gasteiger charge is -2.33. The Morgan fingerprint density at radius 1 is 1.19 bits per heavy atom. The third kappa shape index (κ3) is 3.02. The van der Waals surface area contributed by atoms with E-state index in [0.29, 0.717) is 23.2 Å². The molecule has 0 aromatic carbocycles. The van der Waals surface area contributed by atoms with Crippen LogP contribution in [0.15, 0.2) is 0 Å². The monoisotopic (exact) mass is 308 g/mol. The van der Waals surface area contributed by atoms with Gasteiger partial charge in [-0.15, -0.1) is 0 Å². The summed E-state index contributed by atoms with van der Waals surface area (Å²) < 4.78 is 0. The van der Waals surface area contributed by atoms with E-state index in [4.69, 9.17) is 16.6 Å². The highest BCUT2D eigenvalue weighted by atomic mass is 35.5. The van der Waals surface area contributed by atoms with Crippen molar-refractivity contribution in [2.24, 2.45) is 0 Å². The number of piperidine rings is 1. The van der Waals surface area contributed by atoms with Crippen molar-refractivity contribution in [2.45, 2.75) is 64.5 Å². The molecule has 4 nitrogen and oxygen atoms in total. The number of hydrogen-bond acceptors (Lipinski definition) is 4. The van der Waals surface area contributed by atoms with E-state index in [1.807, 2.05) is 6.92 Å². The van der Waals surface area contributed by atoms with Crippen LogP contribution in [0.2, 0.25) is 5.15 Å². The second-order valence-electron chi connectivity index (χ2n) is 6.64. The number of rotatable bonds is 3. The predicted molar refractivity (Wildman–Crippen MR) is 87.1 cm³/mol. The second-order valence-corrected chi connectivity index (χ2v) is 7.00. The molecule has 2 aliphatic rings. The molecule has 3 heterocycles. The number of nitrogens with zero attached hydrogens (tertiary/aromatic N) is 3. The fourth-order valence-electron chi connectivity index (χ4n) is 3.50. The summed E-state index contributed by atoms with van der Waals surface area (Å²) in [6.45, 7) is 8.66. The molecule has 0 saturated carbocycles. The molecule has 2 aliphatic heterocycles. The summed E-state index contributed by atoms with van der Waals surface area (Å²) >= 11 is 6.28. The molecule has 2 saturated heterocycles. The molecule has 0 aliphatic carbocycles. The summed E-state index contributed by atoms with van der Waals surface area (Å²) in [7, 11) is 0. The van der Waals surface area contributed by atoms with Gasteiger partial charge in [-0.25, -0.2) is 9.97 Å². The second kappa shape index (κ2) is 6.09. The maximum absolute atomic E-state index is 6.28. The van der Waals surface area contributed by atoms with Gasteiger partial charge in [0.2, 0.25) is 0 Å². The van der Waals surface area contributed by atoms with E-state index in [0.717, 1.165) is 17.2 Å². The number of aromatic nitrogens is 2. The molecule has 2 fully saturated rings. The number of anilines is 1. The van der Waals surface area contributed by atoms with Gasteiger partial charge in [0.1, 0.15) is 16.8 Å². The molecular weight excluding hydrogens is 284 g/mol. The molecule has 1 N–H and O–H groups in total. The first-order valence-corrected chi connectivity index (χ1v) is 8.48. The zero-order valence-electron chi connectivity index (χ0n) is 13.2. The van der Waals surface area contributed by atoms with E-state index < -0.39 is 0 Å². The predicted octanol–water partition coefficient (Wildman–Crippen LogP) is 3.60. The zero-order valence-corrected chi connectivity index (χ0v) is 14.0. The Balaban J connectivity index is 1.81. The van der Waals surface area contributed by atoms with E-state index in [1.165, 1.54) is 38.8 Å². The van der Waals surface area contributed by atoms with Gasteiger partial charge in [0, 0.05) is 30.1 Å². The van der Waals surface area contributed by atoms with Gasteiger partial charge in [-0.2, -0.15) is 0 Å². The Morgan fingerprint density at radius 2 is 2.00 bits per heavy atom. The fourth-order valence-corrected chi connectivity index (χ4v) is 3.67. The quantitative estimate of drug-likeness (QED) is 0.866. The van der Waals surface area contributed by atoms with Crippen molar-refractivity contribution < 1.29 is 0 Å². The summed E-state index contributed by atoms with van der Waals surface area (Å²) in [4.78, 5) is 11.7. The van der Waals surface area contributed by atoms with Crippen LogP contribution in [-0.4, -0.2) is 40.0 Å². The summed E-state index contributed by atoms with van der Waals surface area (Å²) in [6, 6.07) is 1.16. The lowest BCUT2D eigenvalue weighted by Crippen LogP contribution is -2.42. The van der Waals surface area contributed by atoms with Crippen LogP contribution in [0.1, 0.15) is 56.8 Å². The van der Waals surface area contributed by atoms with Crippen molar-refractivity contribution in [2.75, 3.05) is 18.4 Å². The SMILES string of the molecule is Cc1c(Cl)nc(C(C)C)nc1NC1CCN2CCCCC12. The Labute approximate surface area is 132 Å². The third-order valence-corrected chi connectivity index (χ3v) is 5.17. The van der Waals surface area contributed by atoms with Gasteiger partial charge in [-0.1, -0.05) is 31.9 Å². The van der Waals surface area contributed by atoms with Gasteiger partial charge < -0.3 is 5.32 Å².